The Bertz CT molecular complexity index is 1710. The van der Waals surface area contributed by atoms with Gasteiger partial charge in [-0.05, 0) is 47.7 Å². The number of carbonyl (C=O) groups excluding carboxylic acids is 1. The average Bonchev–Trinajstić information content (AvgIpc) is 2.88. The summed E-state index contributed by atoms with van der Waals surface area (Å²) in [7, 11) is -3.09. The summed E-state index contributed by atoms with van der Waals surface area (Å²) in [6, 6.07) is 15.8. The standard InChI is InChI=1S/C26H21Cl2N3O6S/c1-3-15-18(11-12-21(22(15)27)38(34,35)36)30-31-24-16-8-5-4-7-14(16)13-17(25(24)32)26(33)29-19-9-6-10-20(37-2)23(19)28/h4-13,32H,3H2,1-2H3,(H,29,33)(H,34,35,36). The number of benzene rings is 4. The Hall–Kier alpha value is -3.70. The predicted molar refractivity (Wildman–Crippen MR) is 146 cm³/mol. The third kappa shape index (κ3) is 5.30. The van der Waals surface area contributed by atoms with Crippen molar-refractivity contribution in [3.8, 4) is 11.5 Å². The number of carbonyl (C=O) groups is 1. The minimum Gasteiger partial charge on any atom is -0.505 e. The fraction of sp³-hybridized carbons (Fsp3) is 0.115. The van der Waals surface area contributed by atoms with Crippen LogP contribution in [0.2, 0.25) is 10.0 Å². The summed E-state index contributed by atoms with van der Waals surface area (Å²) in [6.07, 6.45) is 0.285. The molecule has 0 aliphatic heterocycles. The summed E-state index contributed by atoms with van der Waals surface area (Å²) in [5.41, 5.74) is 0.782. The van der Waals surface area contributed by atoms with Gasteiger partial charge in [0.15, 0.2) is 5.75 Å². The summed E-state index contributed by atoms with van der Waals surface area (Å²) in [6.45, 7) is 1.73. The zero-order valence-corrected chi connectivity index (χ0v) is 22.4. The van der Waals surface area contributed by atoms with Crippen LogP contribution in [0.5, 0.6) is 11.5 Å². The van der Waals surface area contributed by atoms with Crippen molar-refractivity contribution in [2.75, 3.05) is 12.4 Å². The number of phenols is 1. The molecule has 4 aromatic carbocycles. The van der Waals surface area contributed by atoms with E-state index in [1.807, 2.05) is 0 Å². The Morgan fingerprint density at radius 3 is 2.45 bits per heavy atom. The van der Waals surface area contributed by atoms with Gasteiger partial charge in [-0.3, -0.25) is 9.35 Å². The van der Waals surface area contributed by atoms with Gasteiger partial charge in [-0.2, -0.15) is 13.5 Å². The van der Waals surface area contributed by atoms with Crippen LogP contribution in [0, 0.1) is 0 Å². The van der Waals surface area contributed by atoms with E-state index in [-0.39, 0.29) is 39.1 Å². The van der Waals surface area contributed by atoms with Crippen molar-refractivity contribution in [2.45, 2.75) is 18.2 Å². The number of fused-ring (bicyclic) bond motifs is 1. The number of azo groups is 1. The second-order valence-corrected chi connectivity index (χ2v) is 10.2. The molecule has 0 atom stereocenters. The molecule has 0 heterocycles. The molecule has 0 aliphatic carbocycles. The molecule has 0 radical (unpaired) electrons. The van der Waals surface area contributed by atoms with Crippen LogP contribution in [-0.4, -0.2) is 31.1 Å². The Morgan fingerprint density at radius 1 is 1.03 bits per heavy atom. The lowest BCUT2D eigenvalue weighted by molar-refractivity contribution is 0.102. The van der Waals surface area contributed by atoms with Gasteiger partial charge < -0.3 is 15.2 Å². The van der Waals surface area contributed by atoms with Crippen molar-refractivity contribution < 1.29 is 27.6 Å². The quantitative estimate of drug-likeness (QED) is 0.156. The van der Waals surface area contributed by atoms with Gasteiger partial charge in [0.1, 0.15) is 21.4 Å². The number of nitrogens with one attached hydrogen (secondary N) is 1. The van der Waals surface area contributed by atoms with Crippen LogP contribution in [0.4, 0.5) is 17.1 Å². The molecular formula is C26H21Cl2N3O6S. The molecule has 12 heteroatoms. The van der Waals surface area contributed by atoms with E-state index in [0.29, 0.717) is 22.1 Å². The first-order chi connectivity index (χ1) is 18.1. The molecular weight excluding hydrogens is 553 g/mol. The second-order valence-electron chi connectivity index (χ2n) is 8.02. The van der Waals surface area contributed by atoms with Gasteiger partial charge in [0.05, 0.1) is 29.1 Å². The summed E-state index contributed by atoms with van der Waals surface area (Å²) in [5.74, 6) is -0.704. The van der Waals surface area contributed by atoms with Crippen LogP contribution in [0.1, 0.15) is 22.8 Å². The first-order valence-electron chi connectivity index (χ1n) is 11.2. The molecule has 0 fully saturated rings. The molecule has 196 valence electrons. The minimum atomic E-state index is -4.54. The highest BCUT2D eigenvalue weighted by molar-refractivity contribution is 7.86. The third-order valence-electron chi connectivity index (χ3n) is 5.74. The number of hydrogen-bond acceptors (Lipinski definition) is 7. The normalized spacial score (nSPS) is 11.7. The van der Waals surface area contributed by atoms with Crippen LogP contribution >= 0.6 is 23.2 Å². The molecule has 0 spiro atoms. The van der Waals surface area contributed by atoms with Crippen molar-refractivity contribution in [1.82, 2.24) is 0 Å². The number of phenolic OH excluding ortho intramolecular Hbond substituents is 1. The van der Waals surface area contributed by atoms with E-state index in [0.717, 1.165) is 6.07 Å². The van der Waals surface area contributed by atoms with Gasteiger partial charge in [0.2, 0.25) is 0 Å². The van der Waals surface area contributed by atoms with Gasteiger partial charge >= 0.3 is 0 Å². The number of nitrogens with zero attached hydrogens (tertiary/aromatic N) is 2. The lowest BCUT2D eigenvalue weighted by Gasteiger charge is -2.13. The van der Waals surface area contributed by atoms with Crippen LogP contribution in [0.15, 0.2) is 75.8 Å². The molecule has 9 nitrogen and oxygen atoms in total. The SMILES string of the molecule is CCc1c(N=Nc2c(O)c(C(=O)Nc3cccc(OC)c3Cl)cc3ccccc23)ccc(S(=O)(=O)O)c1Cl. The van der Waals surface area contributed by atoms with Crippen LogP contribution in [-0.2, 0) is 16.5 Å². The van der Waals surface area contributed by atoms with E-state index in [1.54, 1.807) is 49.4 Å². The summed E-state index contributed by atoms with van der Waals surface area (Å²) >= 11 is 12.5. The Labute approximate surface area is 228 Å². The molecule has 3 N–H and O–H groups in total. The highest BCUT2D eigenvalue weighted by atomic mass is 35.5. The summed E-state index contributed by atoms with van der Waals surface area (Å²) < 4.78 is 37.9. The fourth-order valence-corrected chi connectivity index (χ4v) is 5.30. The fourth-order valence-electron chi connectivity index (χ4n) is 3.87. The number of rotatable bonds is 7. The number of anilines is 1. The van der Waals surface area contributed by atoms with E-state index in [4.69, 9.17) is 27.9 Å². The van der Waals surface area contributed by atoms with E-state index in [9.17, 15) is 22.9 Å². The highest BCUT2D eigenvalue weighted by Gasteiger charge is 2.21. The highest BCUT2D eigenvalue weighted by Crippen LogP contribution is 2.41. The number of halogens is 2. The largest absolute Gasteiger partial charge is 0.505 e. The molecule has 1 amide bonds. The van der Waals surface area contributed by atoms with E-state index in [1.165, 1.54) is 19.2 Å². The Kier molecular flexibility index (Phi) is 7.89. The summed E-state index contributed by atoms with van der Waals surface area (Å²) in [4.78, 5) is 12.7. The number of aromatic hydroxyl groups is 1. The number of methoxy groups -OCH3 is 1. The van der Waals surface area contributed by atoms with Crippen molar-refractivity contribution in [3.63, 3.8) is 0 Å². The van der Waals surface area contributed by atoms with Crippen molar-refractivity contribution in [2.24, 2.45) is 10.2 Å². The second kappa shape index (κ2) is 11.0. The monoisotopic (exact) mass is 573 g/mol. The molecule has 4 rings (SSSR count). The van der Waals surface area contributed by atoms with Gasteiger partial charge in [-0.15, -0.1) is 5.11 Å². The Balaban J connectivity index is 1.81. The van der Waals surface area contributed by atoms with Crippen molar-refractivity contribution in [3.05, 3.63) is 81.8 Å². The number of ether oxygens (including phenoxy) is 1. The maximum atomic E-state index is 13.2. The predicted octanol–water partition coefficient (Wildman–Crippen LogP) is 7.34. The Morgan fingerprint density at radius 2 is 1.76 bits per heavy atom. The van der Waals surface area contributed by atoms with Crippen LogP contribution in [0.3, 0.4) is 0 Å². The lowest BCUT2D eigenvalue weighted by atomic mass is 10.0. The van der Waals surface area contributed by atoms with Gasteiger partial charge in [0, 0.05) is 5.39 Å². The topological polar surface area (TPSA) is 138 Å². The van der Waals surface area contributed by atoms with Gasteiger partial charge in [0.25, 0.3) is 16.0 Å². The molecule has 0 saturated carbocycles. The third-order valence-corrected chi connectivity index (χ3v) is 7.57. The smallest absolute Gasteiger partial charge is 0.296 e. The van der Waals surface area contributed by atoms with Crippen molar-refractivity contribution >= 4 is 67.1 Å². The molecule has 38 heavy (non-hydrogen) atoms. The molecule has 0 aliphatic rings. The maximum Gasteiger partial charge on any atom is 0.296 e. The molecule has 4 aromatic rings. The van der Waals surface area contributed by atoms with E-state index >= 15 is 0 Å². The molecule has 0 bridgehead atoms. The van der Waals surface area contributed by atoms with E-state index in [2.05, 4.69) is 15.5 Å². The first kappa shape index (κ1) is 27.3. The lowest BCUT2D eigenvalue weighted by Crippen LogP contribution is -2.12. The first-order valence-corrected chi connectivity index (χ1v) is 13.4. The zero-order chi connectivity index (χ0) is 27.6. The van der Waals surface area contributed by atoms with Crippen LogP contribution < -0.4 is 10.1 Å². The average molecular weight is 574 g/mol. The maximum absolute atomic E-state index is 13.2. The van der Waals surface area contributed by atoms with Gasteiger partial charge in [-0.1, -0.05) is 60.5 Å². The van der Waals surface area contributed by atoms with Crippen molar-refractivity contribution in [1.29, 1.82) is 0 Å². The molecule has 0 unspecified atom stereocenters. The van der Waals surface area contributed by atoms with Gasteiger partial charge in [-0.25, -0.2) is 0 Å². The molecule has 0 saturated heterocycles. The summed E-state index contributed by atoms with van der Waals surface area (Å²) in [5, 5.41) is 23.3. The number of hydrogen-bond donors (Lipinski definition) is 3. The minimum absolute atomic E-state index is 0.0158. The van der Waals surface area contributed by atoms with E-state index < -0.39 is 26.7 Å². The molecule has 0 aromatic heterocycles. The van der Waals surface area contributed by atoms with Crippen LogP contribution in [0.25, 0.3) is 10.8 Å². The number of amides is 1. The zero-order valence-electron chi connectivity index (χ0n) is 20.1.